The normalized spacial score (nSPS) is 16.4. The fourth-order valence-corrected chi connectivity index (χ4v) is 5.34. The predicted octanol–water partition coefficient (Wildman–Crippen LogP) is 5.82. The van der Waals surface area contributed by atoms with Crippen LogP contribution in [0.1, 0.15) is 66.4 Å². The Labute approximate surface area is 219 Å². The molecule has 2 aromatic carbocycles. The third kappa shape index (κ3) is 9.45. The number of allylic oxidation sites excluding steroid dienone is 2. The Morgan fingerprint density at radius 2 is 1.92 bits per heavy atom. The number of anilines is 1. The van der Waals surface area contributed by atoms with E-state index in [1.54, 1.807) is 12.3 Å². The number of rotatable bonds is 14. The maximum atomic E-state index is 11.8. The molecule has 1 aliphatic heterocycles. The van der Waals surface area contributed by atoms with Crippen molar-refractivity contribution in [3.8, 4) is 5.75 Å². The number of hydrogen-bond acceptors (Lipinski definition) is 4. The van der Waals surface area contributed by atoms with Crippen molar-refractivity contribution in [2.24, 2.45) is 11.7 Å². The summed E-state index contributed by atoms with van der Waals surface area (Å²) in [6, 6.07) is 14.3. The van der Waals surface area contributed by atoms with E-state index in [0.717, 1.165) is 81.6 Å². The molecular formula is C30H42N2O3S. The Balaban J connectivity index is 1.55. The third-order valence-electron chi connectivity index (χ3n) is 6.72. The Kier molecular flexibility index (Phi) is 11.5. The van der Waals surface area contributed by atoms with E-state index in [0.29, 0.717) is 18.1 Å². The lowest BCUT2D eigenvalue weighted by Crippen LogP contribution is -2.31. The maximum Gasteiger partial charge on any atom is 0.248 e. The monoisotopic (exact) mass is 510 g/mol. The van der Waals surface area contributed by atoms with E-state index in [9.17, 15) is 9.00 Å². The lowest BCUT2D eigenvalue weighted by atomic mass is 9.98. The number of ether oxygens (including phenoxy) is 1. The average Bonchev–Trinajstić information content (AvgIpc) is 3.02. The molecule has 0 spiro atoms. The number of aryl methyl sites for hydroxylation is 2. The van der Waals surface area contributed by atoms with Gasteiger partial charge in [-0.05, 0) is 82.1 Å². The van der Waals surface area contributed by atoms with Crippen molar-refractivity contribution >= 4 is 22.4 Å². The van der Waals surface area contributed by atoms with Gasteiger partial charge in [-0.3, -0.25) is 9.00 Å². The van der Waals surface area contributed by atoms with Gasteiger partial charge in [0.15, 0.2) is 0 Å². The van der Waals surface area contributed by atoms with Crippen LogP contribution in [-0.2, 0) is 17.2 Å². The maximum absolute atomic E-state index is 11.8. The minimum atomic E-state index is -0.698. The number of carbonyl (C=O) groups excluding carboxylic acids is 1. The fourth-order valence-electron chi connectivity index (χ4n) is 4.76. The number of nitrogens with zero attached hydrogens (tertiary/aromatic N) is 1. The molecule has 0 aliphatic carbocycles. The molecule has 1 aliphatic rings. The number of nitrogens with two attached hydrogens (primary N) is 1. The highest BCUT2D eigenvalue weighted by molar-refractivity contribution is 7.84. The molecule has 5 nitrogen and oxygen atoms in total. The second kappa shape index (κ2) is 14.8. The van der Waals surface area contributed by atoms with E-state index in [1.807, 2.05) is 12.1 Å². The Hall–Kier alpha value is -2.60. The number of amides is 1. The van der Waals surface area contributed by atoms with E-state index in [-0.39, 0.29) is 0 Å². The van der Waals surface area contributed by atoms with E-state index in [1.165, 1.54) is 11.1 Å². The van der Waals surface area contributed by atoms with Crippen molar-refractivity contribution in [3.63, 3.8) is 0 Å². The lowest BCUT2D eigenvalue weighted by molar-refractivity contribution is 0.100. The molecule has 2 unspecified atom stereocenters. The number of carbonyl (C=O) groups is 1. The van der Waals surface area contributed by atoms with Crippen LogP contribution in [0.4, 0.5) is 5.69 Å². The molecule has 6 heteroatoms. The number of benzene rings is 2. The van der Waals surface area contributed by atoms with Crippen LogP contribution in [0.25, 0.3) is 0 Å². The van der Waals surface area contributed by atoms with E-state index >= 15 is 0 Å². The van der Waals surface area contributed by atoms with Crippen LogP contribution in [0.15, 0.2) is 54.6 Å². The largest absolute Gasteiger partial charge is 0.491 e. The molecule has 0 saturated carbocycles. The van der Waals surface area contributed by atoms with Gasteiger partial charge in [-0.1, -0.05) is 42.0 Å². The zero-order valence-electron chi connectivity index (χ0n) is 21.9. The molecule has 1 heterocycles. The highest BCUT2D eigenvalue weighted by Crippen LogP contribution is 2.34. The summed E-state index contributed by atoms with van der Waals surface area (Å²) in [6.07, 6.45) is 14.7. The van der Waals surface area contributed by atoms with Crippen LogP contribution in [0.5, 0.6) is 5.75 Å². The van der Waals surface area contributed by atoms with Crippen molar-refractivity contribution in [2.45, 2.75) is 58.3 Å². The average molecular weight is 511 g/mol. The zero-order valence-corrected chi connectivity index (χ0v) is 22.7. The summed E-state index contributed by atoms with van der Waals surface area (Å²) >= 11 is 0. The number of unbranched alkanes of at least 4 members (excludes halogenated alkanes) is 3. The van der Waals surface area contributed by atoms with Crippen LogP contribution in [0.3, 0.4) is 0 Å². The summed E-state index contributed by atoms with van der Waals surface area (Å²) in [5.74, 6) is 1.65. The lowest BCUT2D eigenvalue weighted by Gasteiger charge is -2.27. The summed E-state index contributed by atoms with van der Waals surface area (Å²) in [7, 11) is -0.698. The molecule has 0 saturated heterocycles. The summed E-state index contributed by atoms with van der Waals surface area (Å²) in [4.78, 5) is 14.2. The highest BCUT2D eigenvalue weighted by Gasteiger charge is 2.23. The Bertz CT molecular complexity index is 1040. The van der Waals surface area contributed by atoms with Gasteiger partial charge in [-0.2, -0.15) is 0 Å². The SMILES string of the molecule is Cc1cccc(CCCC2COc3ccc(C(N)=O)cc3N(CCCC/C=C/CCCS(C)=O)C2)c1. The first-order valence-electron chi connectivity index (χ1n) is 13.2. The molecule has 3 rings (SSSR count). The molecule has 0 radical (unpaired) electrons. The van der Waals surface area contributed by atoms with Gasteiger partial charge in [0.1, 0.15) is 5.75 Å². The van der Waals surface area contributed by atoms with Crippen molar-refractivity contribution in [1.82, 2.24) is 0 Å². The topological polar surface area (TPSA) is 72.6 Å². The van der Waals surface area contributed by atoms with Gasteiger partial charge >= 0.3 is 0 Å². The van der Waals surface area contributed by atoms with Gasteiger partial charge in [0.2, 0.25) is 5.91 Å². The molecule has 2 atom stereocenters. The minimum Gasteiger partial charge on any atom is -0.491 e. The third-order valence-corrected chi connectivity index (χ3v) is 7.58. The van der Waals surface area contributed by atoms with Gasteiger partial charge in [-0.15, -0.1) is 0 Å². The Morgan fingerprint density at radius 3 is 2.67 bits per heavy atom. The number of primary amides is 1. The van der Waals surface area contributed by atoms with Crippen LogP contribution >= 0.6 is 0 Å². The van der Waals surface area contributed by atoms with Crippen molar-refractivity contribution in [3.05, 3.63) is 71.3 Å². The molecule has 196 valence electrons. The van der Waals surface area contributed by atoms with Gasteiger partial charge in [-0.25, -0.2) is 0 Å². The van der Waals surface area contributed by atoms with Gasteiger partial charge < -0.3 is 15.4 Å². The number of hydrogen-bond donors (Lipinski definition) is 1. The molecule has 2 aromatic rings. The summed E-state index contributed by atoms with van der Waals surface area (Å²) < 4.78 is 17.4. The van der Waals surface area contributed by atoms with Crippen LogP contribution < -0.4 is 15.4 Å². The highest BCUT2D eigenvalue weighted by atomic mass is 32.2. The van der Waals surface area contributed by atoms with Gasteiger partial charge in [0.25, 0.3) is 0 Å². The van der Waals surface area contributed by atoms with E-state index < -0.39 is 16.7 Å². The molecule has 0 fully saturated rings. The second-order valence-corrected chi connectivity index (χ2v) is 11.5. The Morgan fingerprint density at radius 1 is 1.11 bits per heavy atom. The standard InChI is InChI=1S/C30H42N2O3S/c1-24-12-10-13-25(20-24)14-11-15-26-22-32(18-8-6-4-3-5-7-9-19-36(2)34)28-21-27(30(31)33)16-17-29(28)35-23-26/h3,5,10,12-13,16-17,20-21,26H,4,6-9,11,14-15,18-19,22-23H2,1-2H3,(H2,31,33)/b5-3+. The van der Waals surface area contributed by atoms with E-state index in [4.69, 9.17) is 10.5 Å². The first kappa shape index (κ1) is 28.0. The molecule has 1 amide bonds. The second-order valence-electron chi connectivity index (χ2n) is 9.94. The summed E-state index contributed by atoms with van der Waals surface area (Å²) in [5, 5.41) is 0. The fraction of sp³-hybridized carbons (Fsp3) is 0.500. The van der Waals surface area contributed by atoms with Gasteiger partial charge in [0.05, 0.1) is 12.3 Å². The van der Waals surface area contributed by atoms with Crippen molar-refractivity contribution in [1.29, 1.82) is 0 Å². The first-order chi connectivity index (χ1) is 17.4. The molecule has 2 N–H and O–H groups in total. The summed E-state index contributed by atoms with van der Waals surface area (Å²) in [5.41, 5.74) is 9.78. The van der Waals surface area contributed by atoms with Crippen LogP contribution in [0, 0.1) is 12.8 Å². The van der Waals surface area contributed by atoms with Crippen molar-refractivity contribution < 1.29 is 13.7 Å². The molecule has 0 aromatic heterocycles. The minimum absolute atomic E-state index is 0.409. The first-order valence-corrected chi connectivity index (χ1v) is 15.0. The smallest absolute Gasteiger partial charge is 0.248 e. The quantitative estimate of drug-likeness (QED) is 0.257. The van der Waals surface area contributed by atoms with Gasteiger partial charge in [0, 0.05) is 47.4 Å². The summed E-state index contributed by atoms with van der Waals surface area (Å²) in [6.45, 7) is 4.69. The molecular weight excluding hydrogens is 468 g/mol. The van der Waals surface area contributed by atoms with E-state index in [2.05, 4.69) is 48.2 Å². The van der Waals surface area contributed by atoms with Crippen molar-refractivity contribution in [2.75, 3.05) is 36.6 Å². The molecule has 0 bridgehead atoms. The molecule has 36 heavy (non-hydrogen) atoms. The number of fused-ring (bicyclic) bond motifs is 1. The van der Waals surface area contributed by atoms with Crippen LogP contribution in [-0.4, -0.2) is 41.8 Å². The predicted molar refractivity (Wildman–Crippen MR) is 151 cm³/mol. The zero-order chi connectivity index (χ0) is 25.8. The van der Waals surface area contributed by atoms with Crippen LogP contribution in [0.2, 0.25) is 0 Å².